The molecule has 0 radical (unpaired) electrons. The first-order chi connectivity index (χ1) is 8.29. The van der Waals surface area contributed by atoms with E-state index >= 15 is 0 Å². The van der Waals surface area contributed by atoms with Gasteiger partial charge < -0.3 is 20.8 Å². The Balaban J connectivity index is 2.43. The van der Waals surface area contributed by atoms with Crippen molar-refractivity contribution in [2.75, 3.05) is 6.54 Å². The summed E-state index contributed by atoms with van der Waals surface area (Å²) < 4.78 is 0. The van der Waals surface area contributed by atoms with Crippen LogP contribution >= 0.6 is 0 Å². The summed E-state index contributed by atoms with van der Waals surface area (Å²) >= 11 is 0. The Hall–Kier alpha value is -1.75. The SMILES string of the molecule is CC(C)(C)NC(=O)CNCc1cccc(O)c1O. The first kappa shape index (κ1) is 14.3. The molecule has 100 valence electrons. The molecule has 0 heterocycles. The average Bonchev–Trinajstić information content (AvgIpc) is 2.21. The number of nitrogens with one attached hydrogen (secondary N) is 2. The highest BCUT2D eigenvalue weighted by Gasteiger charge is 2.13. The summed E-state index contributed by atoms with van der Waals surface area (Å²) in [7, 11) is 0. The second kappa shape index (κ2) is 5.73. The highest BCUT2D eigenvalue weighted by atomic mass is 16.3. The van der Waals surface area contributed by atoms with Gasteiger partial charge in [-0.2, -0.15) is 0 Å². The van der Waals surface area contributed by atoms with Crippen molar-refractivity contribution >= 4 is 5.91 Å². The van der Waals surface area contributed by atoms with Crippen LogP contribution in [-0.4, -0.2) is 28.2 Å². The summed E-state index contributed by atoms with van der Waals surface area (Å²) in [5.74, 6) is -0.420. The molecule has 5 nitrogen and oxygen atoms in total. The summed E-state index contributed by atoms with van der Waals surface area (Å²) in [6.07, 6.45) is 0. The van der Waals surface area contributed by atoms with E-state index < -0.39 is 0 Å². The molecule has 0 atom stereocenters. The maximum Gasteiger partial charge on any atom is 0.234 e. The van der Waals surface area contributed by atoms with Gasteiger partial charge in [0.15, 0.2) is 11.5 Å². The molecule has 4 N–H and O–H groups in total. The van der Waals surface area contributed by atoms with Crippen molar-refractivity contribution in [3.05, 3.63) is 23.8 Å². The van der Waals surface area contributed by atoms with Crippen LogP contribution in [0.1, 0.15) is 26.3 Å². The van der Waals surface area contributed by atoms with Crippen LogP contribution < -0.4 is 10.6 Å². The van der Waals surface area contributed by atoms with Gasteiger partial charge >= 0.3 is 0 Å². The van der Waals surface area contributed by atoms with Crippen molar-refractivity contribution < 1.29 is 15.0 Å². The van der Waals surface area contributed by atoms with Crippen LogP contribution in [0.25, 0.3) is 0 Å². The first-order valence-corrected chi connectivity index (χ1v) is 5.81. The van der Waals surface area contributed by atoms with E-state index in [2.05, 4.69) is 10.6 Å². The van der Waals surface area contributed by atoms with Gasteiger partial charge in [-0.05, 0) is 26.8 Å². The monoisotopic (exact) mass is 252 g/mol. The molecule has 0 aromatic heterocycles. The number of phenols is 2. The minimum Gasteiger partial charge on any atom is -0.504 e. The summed E-state index contributed by atoms with van der Waals surface area (Å²) in [5.41, 5.74) is 0.296. The van der Waals surface area contributed by atoms with E-state index in [0.29, 0.717) is 12.1 Å². The molecule has 0 unspecified atom stereocenters. The van der Waals surface area contributed by atoms with E-state index in [4.69, 9.17) is 0 Å². The first-order valence-electron chi connectivity index (χ1n) is 5.81. The normalized spacial score (nSPS) is 11.3. The van der Waals surface area contributed by atoms with Gasteiger partial charge in [-0.3, -0.25) is 4.79 Å². The van der Waals surface area contributed by atoms with Crippen LogP contribution in [0.4, 0.5) is 0 Å². The van der Waals surface area contributed by atoms with Gasteiger partial charge in [-0.25, -0.2) is 0 Å². The quantitative estimate of drug-likeness (QED) is 0.605. The lowest BCUT2D eigenvalue weighted by Gasteiger charge is -2.20. The Morgan fingerprint density at radius 1 is 1.28 bits per heavy atom. The molecular formula is C13H20N2O3. The molecule has 0 aliphatic heterocycles. The maximum atomic E-state index is 11.5. The highest BCUT2D eigenvalue weighted by Crippen LogP contribution is 2.27. The third kappa shape index (κ3) is 4.63. The van der Waals surface area contributed by atoms with E-state index in [0.717, 1.165) is 0 Å². The summed E-state index contributed by atoms with van der Waals surface area (Å²) in [6.45, 7) is 6.20. The molecule has 0 spiro atoms. The zero-order valence-corrected chi connectivity index (χ0v) is 10.9. The summed E-state index contributed by atoms with van der Waals surface area (Å²) in [6, 6.07) is 4.73. The van der Waals surface area contributed by atoms with Crippen molar-refractivity contribution in [3.8, 4) is 11.5 Å². The number of aromatic hydroxyl groups is 2. The second-order valence-electron chi connectivity index (χ2n) is 5.19. The smallest absolute Gasteiger partial charge is 0.234 e. The molecular weight excluding hydrogens is 232 g/mol. The Labute approximate surface area is 107 Å². The number of benzene rings is 1. The van der Waals surface area contributed by atoms with Crippen LogP contribution in [0, 0.1) is 0 Å². The fourth-order valence-corrected chi connectivity index (χ4v) is 1.49. The highest BCUT2D eigenvalue weighted by molar-refractivity contribution is 5.78. The zero-order valence-electron chi connectivity index (χ0n) is 10.9. The van der Waals surface area contributed by atoms with Gasteiger partial charge in [0.25, 0.3) is 0 Å². The number of hydrogen-bond acceptors (Lipinski definition) is 4. The number of carbonyl (C=O) groups excluding carboxylic acids is 1. The number of phenolic OH excluding ortho intramolecular Hbond substituents is 2. The molecule has 1 amide bonds. The largest absolute Gasteiger partial charge is 0.504 e. The maximum absolute atomic E-state index is 11.5. The topological polar surface area (TPSA) is 81.6 Å². The van der Waals surface area contributed by atoms with Crippen LogP contribution in [0.5, 0.6) is 11.5 Å². The molecule has 0 fully saturated rings. The molecule has 0 bridgehead atoms. The van der Waals surface area contributed by atoms with Crippen LogP contribution in [-0.2, 0) is 11.3 Å². The minimum absolute atomic E-state index is 0.109. The van der Waals surface area contributed by atoms with Crippen LogP contribution in [0.3, 0.4) is 0 Å². The zero-order chi connectivity index (χ0) is 13.8. The van der Waals surface area contributed by atoms with E-state index in [9.17, 15) is 15.0 Å². The van der Waals surface area contributed by atoms with Crippen molar-refractivity contribution in [2.24, 2.45) is 0 Å². The lowest BCUT2D eigenvalue weighted by molar-refractivity contribution is -0.121. The van der Waals surface area contributed by atoms with E-state index in [1.54, 1.807) is 12.1 Å². The van der Waals surface area contributed by atoms with E-state index in [1.807, 2.05) is 20.8 Å². The molecule has 5 heteroatoms. The molecule has 0 saturated heterocycles. The third-order valence-corrected chi connectivity index (χ3v) is 2.21. The predicted molar refractivity (Wildman–Crippen MR) is 69.4 cm³/mol. The van der Waals surface area contributed by atoms with Gasteiger partial charge in [0.2, 0.25) is 5.91 Å². The van der Waals surface area contributed by atoms with Crippen molar-refractivity contribution in [1.82, 2.24) is 10.6 Å². The average molecular weight is 252 g/mol. The summed E-state index contributed by atoms with van der Waals surface area (Å²) in [5, 5.41) is 24.6. The molecule has 18 heavy (non-hydrogen) atoms. The Morgan fingerprint density at radius 2 is 1.94 bits per heavy atom. The van der Waals surface area contributed by atoms with Gasteiger partial charge in [0.1, 0.15) is 0 Å². The molecule has 1 aromatic rings. The van der Waals surface area contributed by atoms with Gasteiger partial charge in [-0.1, -0.05) is 12.1 Å². The predicted octanol–water partition coefficient (Wildman–Crippen LogP) is 1.10. The third-order valence-electron chi connectivity index (χ3n) is 2.21. The summed E-state index contributed by atoms with van der Waals surface area (Å²) in [4.78, 5) is 11.5. The number of carbonyl (C=O) groups is 1. The Bertz CT molecular complexity index is 425. The second-order valence-corrected chi connectivity index (χ2v) is 5.19. The minimum atomic E-state index is -0.258. The van der Waals surface area contributed by atoms with Crippen molar-refractivity contribution in [3.63, 3.8) is 0 Å². The Morgan fingerprint density at radius 3 is 2.56 bits per heavy atom. The van der Waals surface area contributed by atoms with Crippen LogP contribution in [0.2, 0.25) is 0 Å². The number of rotatable bonds is 4. The van der Waals surface area contributed by atoms with Crippen molar-refractivity contribution in [2.45, 2.75) is 32.9 Å². The standard InChI is InChI=1S/C13H20N2O3/c1-13(2,3)15-11(17)8-14-7-9-5-4-6-10(16)12(9)18/h4-6,14,16,18H,7-8H2,1-3H3,(H,15,17). The Kier molecular flexibility index (Phi) is 4.55. The van der Waals surface area contributed by atoms with E-state index in [1.165, 1.54) is 6.07 Å². The number of para-hydroxylation sites is 1. The fraction of sp³-hybridized carbons (Fsp3) is 0.462. The molecule has 0 saturated carbocycles. The fourth-order valence-electron chi connectivity index (χ4n) is 1.49. The van der Waals surface area contributed by atoms with Crippen molar-refractivity contribution in [1.29, 1.82) is 0 Å². The lowest BCUT2D eigenvalue weighted by Crippen LogP contribution is -2.44. The van der Waals surface area contributed by atoms with E-state index in [-0.39, 0.29) is 29.5 Å². The van der Waals surface area contributed by atoms with Crippen LogP contribution in [0.15, 0.2) is 18.2 Å². The van der Waals surface area contributed by atoms with Gasteiger partial charge in [0, 0.05) is 17.6 Å². The van der Waals surface area contributed by atoms with Gasteiger partial charge in [0.05, 0.1) is 6.54 Å². The molecule has 0 aliphatic rings. The molecule has 1 aromatic carbocycles. The number of amides is 1. The molecule has 1 rings (SSSR count). The number of hydrogen-bond donors (Lipinski definition) is 4. The van der Waals surface area contributed by atoms with Gasteiger partial charge in [-0.15, -0.1) is 0 Å². The molecule has 0 aliphatic carbocycles. The lowest BCUT2D eigenvalue weighted by atomic mass is 10.1.